The van der Waals surface area contributed by atoms with Gasteiger partial charge in [0.15, 0.2) is 0 Å². The average molecular weight is 395 g/mol. The SMILES string of the molecule is C[Si](C)C.C[Si](C)C.C[Si](C)C.[Ge]/[CH]=C\c1ccccc1. The van der Waals surface area contributed by atoms with Crippen LogP contribution in [0.2, 0.25) is 58.9 Å². The summed E-state index contributed by atoms with van der Waals surface area (Å²) in [5, 5.41) is 0. The summed E-state index contributed by atoms with van der Waals surface area (Å²) in [4.78, 5) is 2.04. The first-order chi connectivity index (χ1) is 9.63. The van der Waals surface area contributed by atoms with Crippen molar-refractivity contribution in [2.45, 2.75) is 58.9 Å². The number of hydrogen-bond acceptors (Lipinski definition) is 0. The van der Waals surface area contributed by atoms with Crippen molar-refractivity contribution in [3.63, 3.8) is 0 Å². The molecule has 118 valence electrons. The second-order valence-electron chi connectivity index (χ2n) is 6.24. The molecule has 1 rings (SSSR count). The molecule has 0 atom stereocenters. The molecule has 4 heteroatoms. The van der Waals surface area contributed by atoms with Gasteiger partial charge >= 0.3 is 63.4 Å². The van der Waals surface area contributed by atoms with E-state index in [0.717, 1.165) is 0 Å². The maximum absolute atomic E-state index is 2.27. The van der Waals surface area contributed by atoms with E-state index in [9.17, 15) is 0 Å². The van der Waals surface area contributed by atoms with Gasteiger partial charge in [-0.05, 0) is 0 Å². The molecule has 6 radical (unpaired) electrons. The Kier molecular flexibility index (Phi) is 25.0. The first-order valence-electron chi connectivity index (χ1n) is 7.32. The molecule has 0 aliphatic heterocycles. The van der Waals surface area contributed by atoms with E-state index in [0.29, 0.717) is 0 Å². The Balaban J connectivity index is -0.000000230. The van der Waals surface area contributed by atoms with E-state index in [2.05, 4.69) is 77.1 Å². The Morgan fingerprint density at radius 1 is 0.667 bits per heavy atom. The Bertz CT molecular complexity index is 287. The molecule has 0 nitrogen and oxygen atoms in total. The average Bonchev–Trinajstić information content (AvgIpc) is 2.28. The molecule has 1 aromatic rings. The topological polar surface area (TPSA) is 0 Å². The Labute approximate surface area is 148 Å². The van der Waals surface area contributed by atoms with Crippen LogP contribution in [0.5, 0.6) is 0 Å². The van der Waals surface area contributed by atoms with Gasteiger partial charge < -0.3 is 0 Å². The summed E-state index contributed by atoms with van der Waals surface area (Å²) in [5.41, 5.74) is 1.26. The van der Waals surface area contributed by atoms with Crippen LogP contribution in [-0.4, -0.2) is 42.9 Å². The van der Waals surface area contributed by atoms with Gasteiger partial charge in [-0.2, -0.15) is 0 Å². The Hall–Kier alpha value is 0.154. The maximum atomic E-state index is 2.27. The van der Waals surface area contributed by atoms with E-state index in [1.54, 1.807) is 0 Å². The summed E-state index contributed by atoms with van der Waals surface area (Å²) in [6.07, 6.45) is 2.08. The van der Waals surface area contributed by atoms with Gasteiger partial charge in [0, 0.05) is 26.4 Å². The minimum absolute atomic E-state index is 0.120. The minimum atomic E-state index is 0.120. The summed E-state index contributed by atoms with van der Waals surface area (Å²) in [6, 6.07) is 10.3. The third-order valence-electron chi connectivity index (χ3n) is 1.08. The van der Waals surface area contributed by atoms with Crippen LogP contribution >= 0.6 is 0 Å². The molecule has 0 aliphatic rings. The van der Waals surface area contributed by atoms with Crippen molar-refractivity contribution in [3.8, 4) is 0 Å². The molecule has 0 fully saturated rings. The van der Waals surface area contributed by atoms with Crippen LogP contribution in [-0.2, 0) is 0 Å². The molecule has 0 amide bonds. The van der Waals surface area contributed by atoms with Crippen LogP contribution in [0.1, 0.15) is 5.56 Å². The summed E-state index contributed by atoms with van der Waals surface area (Å²) in [7, 11) is 0.361. The van der Waals surface area contributed by atoms with Crippen LogP contribution < -0.4 is 0 Å². The van der Waals surface area contributed by atoms with Crippen LogP contribution in [0.4, 0.5) is 0 Å². The van der Waals surface area contributed by atoms with E-state index in [4.69, 9.17) is 0 Å². The first kappa shape index (κ1) is 26.1. The summed E-state index contributed by atoms with van der Waals surface area (Å²) in [5.74, 6) is 0. The van der Waals surface area contributed by atoms with Gasteiger partial charge in [-0.3, -0.25) is 0 Å². The summed E-state index contributed by atoms with van der Waals surface area (Å²) >= 11 is 2.02. The predicted octanol–water partition coefficient (Wildman–Crippen LogP) is 5.94. The van der Waals surface area contributed by atoms with E-state index in [-0.39, 0.29) is 26.4 Å². The van der Waals surface area contributed by atoms with Crippen molar-refractivity contribution < 1.29 is 0 Å². The molecular formula is C17H34GeSi3. The fraction of sp³-hybridized carbons (Fsp3) is 0.529. The molecule has 21 heavy (non-hydrogen) atoms. The first-order valence-corrected chi connectivity index (χ1v) is 17.5. The summed E-state index contributed by atoms with van der Waals surface area (Å²) in [6.45, 7) is 20.4. The second-order valence-corrected chi connectivity index (χ2v) is 15.9. The van der Waals surface area contributed by atoms with E-state index < -0.39 is 0 Å². The van der Waals surface area contributed by atoms with E-state index >= 15 is 0 Å². The fourth-order valence-corrected chi connectivity index (χ4v) is 1.06. The molecule has 0 spiro atoms. The normalized spacial score (nSPS) is 9.57. The van der Waals surface area contributed by atoms with Crippen LogP contribution in [0, 0.1) is 0 Å². The van der Waals surface area contributed by atoms with Gasteiger partial charge in [-0.15, -0.1) is 0 Å². The molecule has 0 bridgehead atoms. The number of benzene rings is 1. The third-order valence-corrected chi connectivity index (χ3v) is 1.43. The standard InChI is InChI=1S/C8H7Ge.3C3H9Si/c9-7-6-8-4-2-1-3-5-8;3*1-4(2)3/h1-7H;3*1-3H3/b7-6-;;;. The van der Waals surface area contributed by atoms with Gasteiger partial charge in [0.25, 0.3) is 0 Å². The van der Waals surface area contributed by atoms with Crippen LogP contribution in [0.15, 0.2) is 35.2 Å². The van der Waals surface area contributed by atoms with Crippen molar-refractivity contribution in [1.29, 1.82) is 0 Å². The molecular weight excluding hydrogens is 361 g/mol. The number of hydrogen-bond donors (Lipinski definition) is 0. The zero-order valence-corrected chi connectivity index (χ0v) is 20.6. The molecule has 0 unspecified atom stereocenters. The summed E-state index contributed by atoms with van der Waals surface area (Å²) < 4.78 is 0. The monoisotopic (exact) mass is 396 g/mol. The van der Waals surface area contributed by atoms with Crippen molar-refractivity contribution in [3.05, 3.63) is 40.8 Å². The molecule has 0 aromatic heterocycles. The Morgan fingerprint density at radius 3 is 1.19 bits per heavy atom. The molecule has 1 aromatic carbocycles. The van der Waals surface area contributed by atoms with Gasteiger partial charge in [-0.1, -0.05) is 58.9 Å². The number of rotatable bonds is 1. The van der Waals surface area contributed by atoms with E-state index in [1.807, 2.05) is 39.6 Å². The van der Waals surface area contributed by atoms with Gasteiger partial charge in [-0.25, -0.2) is 0 Å². The molecule has 0 saturated heterocycles. The van der Waals surface area contributed by atoms with Crippen molar-refractivity contribution in [1.82, 2.24) is 0 Å². The zero-order valence-electron chi connectivity index (χ0n) is 15.5. The fourth-order valence-electron chi connectivity index (χ4n) is 0.660. The molecule has 0 saturated carbocycles. The van der Waals surface area contributed by atoms with Crippen molar-refractivity contribution in [2.75, 3.05) is 0 Å². The van der Waals surface area contributed by atoms with Crippen LogP contribution in [0.25, 0.3) is 6.08 Å². The predicted molar refractivity (Wildman–Crippen MR) is 111 cm³/mol. The van der Waals surface area contributed by atoms with Crippen molar-refractivity contribution in [2.24, 2.45) is 0 Å². The van der Waals surface area contributed by atoms with Crippen LogP contribution in [0.3, 0.4) is 0 Å². The molecule has 0 heterocycles. The van der Waals surface area contributed by atoms with Crippen molar-refractivity contribution >= 4 is 49.0 Å². The van der Waals surface area contributed by atoms with Gasteiger partial charge in [0.1, 0.15) is 0 Å². The zero-order chi connectivity index (χ0) is 17.3. The third kappa shape index (κ3) is 53.4. The molecule has 0 aliphatic carbocycles. The van der Waals surface area contributed by atoms with Gasteiger partial charge in [0.05, 0.1) is 0 Å². The second kappa shape index (κ2) is 20.2. The quantitative estimate of drug-likeness (QED) is 0.517. The molecule has 0 N–H and O–H groups in total. The Morgan fingerprint density at radius 2 is 0.952 bits per heavy atom. The van der Waals surface area contributed by atoms with Gasteiger partial charge in [0.2, 0.25) is 0 Å². The van der Waals surface area contributed by atoms with E-state index in [1.165, 1.54) is 5.56 Å².